The molecule has 1 aromatic rings. The van der Waals surface area contributed by atoms with Crippen LogP contribution in [-0.4, -0.2) is 29.5 Å². The Bertz CT molecular complexity index is 504. The standard InChI is InChI=1S/C15H19ClN2O3/c1-10-4-2-3-5-12(10)18-14(19)9-21-15(20)11-6-7-13(16)17-8-11/h6-8,10,12H,2-5,9H2,1H3,(H,18,19)/t10-,12+/m1/s1. The van der Waals surface area contributed by atoms with E-state index in [9.17, 15) is 9.59 Å². The molecule has 0 bridgehead atoms. The van der Waals surface area contributed by atoms with E-state index in [1.807, 2.05) is 0 Å². The number of pyridine rings is 1. The molecular weight excluding hydrogens is 292 g/mol. The molecule has 1 aliphatic rings. The number of esters is 1. The Labute approximate surface area is 129 Å². The van der Waals surface area contributed by atoms with Crippen LogP contribution in [0.2, 0.25) is 5.15 Å². The van der Waals surface area contributed by atoms with Crippen LogP contribution in [0.15, 0.2) is 18.3 Å². The minimum atomic E-state index is -0.578. The van der Waals surface area contributed by atoms with Gasteiger partial charge >= 0.3 is 5.97 Å². The molecule has 0 aromatic carbocycles. The van der Waals surface area contributed by atoms with Crippen molar-refractivity contribution in [2.24, 2.45) is 5.92 Å². The lowest BCUT2D eigenvalue weighted by Crippen LogP contribution is -2.42. The zero-order valence-corrected chi connectivity index (χ0v) is 12.7. The van der Waals surface area contributed by atoms with Gasteiger partial charge in [0.05, 0.1) is 5.56 Å². The van der Waals surface area contributed by atoms with Crippen molar-refractivity contribution < 1.29 is 14.3 Å². The van der Waals surface area contributed by atoms with E-state index in [0.29, 0.717) is 11.1 Å². The largest absolute Gasteiger partial charge is 0.452 e. The molecule has 114 valence electrons. The number of aromatic nitrogens is 1. The molecule has 1 aromatic heterocycles. The van der Waals surface area contributed by atoms with Crippen molar-refractivity contribution in [2.45, 2.75) is 38.6 Å². The number of halogens is 1. The Morgan fingerprint density at radius 2 is 2.14 bits per heavy atom. The summed E-state index contributed by atoms with van der Waals surface area (Å²) in [6.45, 7) is 1.86. The number of amides is 1. The van der Waals surface area contributed by atoms with E-state index in [1.165, 1.54) is 24.8 Å². The average Bonchev–Trinajstić information content (AvgIpc) is 2.48. The van der Waals surface area contributed by atoms with Crippen LogP contribution >= 0.6 is 11.6 Å². The molecule has 2 rings (SSSR count). The minimum Gasteiger partial charge on any atom is -0.452 e. The van der Waals surface area contributed by atoms with Gasteiger partial charge in [-0.1, -0.05) is 31.4 Å². The summed E-state index contributed by atoms with van der Waals surface area (Å²) < 4.78 is 4.97. The molecule has 1 aliphatic carbocycles. The summed E-state index contributed by atoms with van der Waals surface area (Å²) in [6.07, 6.45) is 5.78. The first-order valence-corrected chi connectivity index (χ1v) is 7.52. The Balaban J connectivity index is 1.78. The first kappa shape index (κ1) is 15.8. The number of carbonyl (C=O) groups excluding carboxylic acids is 2. The van der Waals surface area contributed by atoms with Crippen molar-refractivity contribution in [1.82, 2.24) is 10.3 Å². The molecule has 0 spiro atoms. The van der Waals surface area contributed by atoms with Gasteiger partial charge in [-0.05, 0) is 30.9 Å². The zero-order valence-electron chi connectivity index (χ0n) is 12.0. The molecule has 2 atom stereocenters. The van der Waals surface area contributed by atoms with Crippen LogP contribution in [-0.2, 0) is 9.53 Å². The molecule has 1 fully saturated rings. The monoisotopic (exact) mass is 310 g/mol. The summed E-state index contributed by atoms with van der Waals surface area (Å²) in [5, 5.41) is 3.23. The maximum atomic E-state index is 11.8. The highest BCUT2D eigenvalue weighted by Gasteiger charge is 2.23. The lowest BCUT2D eigenvalue weighted by atomic mass is 9.86. The van der Waals surface area contributed by atoms with Gasteiger partial charge in [0, 0.05) is 12.2 Å². The normalized spacial score (nSPS) is 21.6. The quantitative estimate of drug-likeness (QED) is 0.685. The van der Waals surface area contributed by atoms with Crippen molar-refractivity contribution in [3.63, 3.8) is 0 Å². The summed E-state index contributed by atoms with van der Waals surface area (Å²) in [4.78, 5) is 27.3. The highest BCUT2D eigenvalue weighted by Crippen LogP contribution is 2.23. The molecule has 1 amide bonds. The number of ether oxygens (including phenoxy) is 1. The molecule has 0 unspecified atom stereocenters. The van der Waals surface area contributed by atoms with Gasteiger partial charge in [0.2, 0.25) is 0 Å². The van der Waals surface area contributed by atoms with E-state index in [4.69, 9.17) is 16.3 Å². The predicted octanol–water partition coefficient (Wildman–Crippen LogP) is 2.59. The van der Waals surface area contributed by atoms with Gasteiger partial charge in [-0.15, -0.1) is 0 Å². The molecule has 0 saturated heterocycles. The van der Waals surface area contributed by atoms with Crippen LogP contribution in [0.5, 0.6) is 0 Å². The Morgan fingerprint density at radius 3 is 2.81 bits per heavy atom. The fraction of sp³-hybridized carbons (Fsp3) is 0.533. The summed E-state index contributed by atoms with van der Waals surface area (Å²) in [5.41, 5.74) is 0.276. The third-order valence-corrected chi connectivity index (χ3v) is 3.98. The Hall–Kier alpha value is -1.62. The highest BCUT2D eigenvalue weighted by molar-refractivity contribution is 6.29. The summed E-state index contributed by atoms with van der Waals surface area (Å²) in [5.74, 6) is -0.367. The maximum Gasteiger partial charge on any atom is 0.340 e. The van der Waals surface area contributed by atoms with Crippen LogP contribution in [0, 0.1) is 5.92 Å². The second kappa shape index (κ2) is 7.41. The van der Waals surface area contributed by atoms with Crippen molar-refractivity contribution in [3.8, 4) is 0 Å². The predicted molar refractivity (Wildman–Crippen MR) is 79.1 cm³/mol. The summed E-state index contributed by atoms with van der Waals surface area (Å²) >= 11 is 5.64. The van der Waals surface area contributed by atoms with E-state index in [1.54, 1.807) is 0 Å². The SMILES string of the molecule is C[C@@H]1CCCC[C@@H]1NC(=O)COC(=O)c1ccc(Cl)nc1. The summed E-state index contributed by atoms with van der Waals surface area (Å²) in [6, 6.07) is 3.20. The number of rotatable bonds is 4. The van der Waals surface area contributed by atoms with E-state index in [0.717, 1.165) is 19.3 Å². The van der Waals surface area contributed by atoms with Crippen molar-refractivity contribution in [3.05, 3.63) is 29.0 Å². The molecular formula is C15H19ClN2O3. The molecule has 0 radical (unpaired) electrons. The highest BCUT2D eigenvalue weighted by atomic mass is 35.5. The van der Waals surface area contributed by atoms with Gasteiger partial charge < -0.3 is 10.1 Å². The number of nitrogens with zero attached hydrogens (tertiary/aromatic N) is 1. The van der Waals surface area contributed by atoms with E-state index in [2.05, 4.69) is 17.2 Å². The number of hydrogen-bond donors (Lipinski definition) is 1. The second-order valence-corrected chi connectivity index (χ2v) is 5.77. The van der Waals surface area contributed by atoms with Gasteiger partial charge in [-0.25, -0.2) is 9.78 Å². The first-order chi connectivity index (χ1) is 10.1. The Morgan fingerprint density at radius 1 is 1.38 bits per heavy atom. The molecule has 1 saturated carbocycles. The van der Waals surface area contributed by atoms with Crippen LogP contribution in [0.25, 0.3) is 0 Å². The fourth-order valence-corrected chi connectivity index (χ4v) is 2.60. The molecule has 1 heterocycles. The third-order valence-electron chi connectivity index (χ3n) is 3.76. The number of hydrogen-bond acceptors (Lipinski definition) is 4. The molecule has 0 aliphatic heterocycles. The second-order valence-electron chi connectivity index (χ2n) is 5.38. The van der Waals surface area contributed by atoms with E-state index >= 15 is 0 Å². The topological polar surface area (TPSA) is 68.3 Å². The zero-order chi connectivity index (χ0) is 15.2. The average molecular weight is 311 g/mol. The van der Waals surface area contributed by atoms with Crippen LogP contribution < -0.4 is 5.32 Å². The minimum absolute atomic E-state index is 0.183. The fourth-order valence-electron chi connectivity index (χ4n) is 2.49. The maximum absolute atomic E-state index is 11.8. The molecule has 1 N–H and O–H groups in total. The first-order valence-electron chi connectivity index (χ1n) is 7.14. The lowest BCUT2D eigenvalue weighted by Gasteiger charge is -2.29. The smallest absolute Gasteiger partial charge is 0.340 e. The molecule has 6 heteroatoms. The molecule has 5 nitrogen and oxygen atoms in total. The van der Waals surface area contributed by atoms with Gasteiger partial charge in [-0.3, -0.25) is 4.79 Å². The van der Waals surface area contributed by atoms with E-state index in [-0.39, 0.29) is 24.1 Å². The third kappa shape index (κ3) is 4.70. The van der Waals surface area contributed by atoms with Crippen molar-refractivity contribution >= 4 is 23.5 Å². The van der Waals surface area contributed by atoms with Gasteiger partial charge in [-0.2, -0.15) is 0 Å². The summed E-state index contributed by atoms with van der Waals surface area (Å²) in [7, 11) is 0. The van der Waals surface area contributed by atoms with Crippen LogP contribution in [0.1, 0.15) is 43.0 Å². The van der Waals surface area contributed by atoms with Gasteiger partial charge in [0.15, 0.2) is 6.61 Å². The van der Waals surface area contributed by atoms with Crippen molar-refractivity contribution in [2.75, 3.05) is 6.61 Å². The van der Waals surface area contributed by atoms with Crippen LogP contribution in [0.4, 0.5) is 0 Å². The lowest BCUT2D eigenvalue weighted by molar-refractivity contribution is -0.125. The number of carbonyl (C=O) groups is 2. The van der Waals surface area contributed by atoms with E-state index < -0.39 is 5.97 Å². The Kier molecular flexibility index (Phi) is 5.56. The van der Waals surface area contributed by atoms with Crippen LogP contribution in [0.3, 0.4) is 0 Å². The van der Waals surface area contributed by atoms with Gasteiger partial charge in [0.25, 0.3) is 5.91 Å². The molecule has 21 heavy (non-hydrogen) atoms. The van der Waals surface area contributed by atoms with Gasteiger partial charge in [0.1, 0.15) is 5.15 Å². The van der Waals surface area contributed by atoms with Crippen molar-refractivity contribution in [1.29, 1.82) is 0 Å². The number of nitrogens with one attached hydrogen (secondary N) is 1.